The van der Waals surface area contributed by atoms with Gasteiger partial charge in [0.05, 0.1) is 12.2 Å². The van der Waals surface area contributed by atoms with Gasteiger partial charge in [-0.05, 0) is 30.9 Å². The van der Waals surface area contributed by atoms with E-state index in [2.05, 4.69) is 10.4 Å². The molecule has 1 aromatic heterocycles. The monoisotopic (exact) mass is 435 g/mol. The molecule has 0 radical (unpaired) electrons. The normalized spacial score (nSPS) is 25.2. The molecule has 3 aliphatic rings. The lowest BCUT2D eigenvalue weighted by atomic mass is 9.73. The Bertz CT molecular complexity index is 1060. The average Bonchev–Trinajstić information content (AvgIpc) is 3.42. The number of anilines is 1. The molecule has 1 aromatic carbocycles. The van der Waals surface area contributed by atoms with Crippen LogP contribution in [0.1, 0.15) is 55.7 Å². The van der Waals surface area contributed by atoms with E-state index in [9.17, 15) is 14.4 Å². The Morgan fingerprint density at radius 3 is 2.84 bits per heavy atom. The molecule has 32 heavy (non-hydrogen) atoms. The minimum absolute atomic E-state index is 0.0232. The summed E-state index contributed by atoms with van der Waals surface area (Å²) < 4.78 is 1.71. The number of aromatic nitrogens is 2. The fourth-order valence-electron chi connectivity index (χ4n) is 5.65. The summed E-state index contributed by atoms with van der Waals surface area (Å²) >= 11 is 0. The minimum Gasteiger partial charge on any atom is -0.342 e. The van der Waals surface area contributed by atoms with Crippen molar-refractivity contribution in [1.29, 1.82) is 0 Å². The van der Waals surface area contributed by atoms with E-state index in [0.717, 1.165) is 42.6 Å². The van der Waals surface area contributed by atoms with E-state index in [0.29, 0.717) is 25.9 Å². The molecule has 168 valence electrons. The first-order valence-electron chi connectivity index (χ1n) is 11.5. The number of likely N-dealkylation sites (tertiary alicyclic amines) is 2. The number of benzene rings is 1. The Labute approximate surface area is 187 Å². The zero-order chi connectivity index (χ0) is 22.3. The smallest absolute Gasteiger partial charge is 0.237 e. The summed E-state index contributed by atoms with van der Waals surface area (Å²) in [5.74, 6) is 0.0524. The summed E-state index contributed by atoms with van der Waals surface area (Å²) in [5.41, 5.74) is 1.79. The predicted molar refractivity (Wildman–Crippen MR) is 119 cm³/mol. The molecular weight excluding hydrogens is 406 g/mol. The number of hydrogen-bond acceptors (Lipinski definition) is 4. The Balaban J connectivity index is 1.44. The number of nitrogens with zero attached hydrogens (tertiary/aromatic N) is 4. The largest absolute Gasteiger partial charge is 0.342 e. The summed E-state index contributed by atoms with van der Waals surface area (Å²) in [6, 6.07) is 7.33. The Hall–Kier alpha value is -3.16. The second-order valence-electron chi connectivity index (χ2n) is 9.10. The maximum atomic E-state index is 13.5. The number of aryl methyl sites for hydroxylation is 1. The second-order valence-corrected chi connectivity index (χ2v) is 9.10. The number of rotatable bonds is 4. The number of amides is 3. The van der Waals surface area contributed by atoms with Crippen LogP contribution in [0.15, 0.2) is 36.7 Å². The van der Waals surface area contributed by atoms with Crippen LogP contribution in [0.25, 0.3) is 0 Å². The van der Waals surface area contributed by atoms with Gasteiger partial charge in [0.25, 0.3) is 0 Å². The van der Waals surface area contributed by atoms with Crippen LogP contribution in [0.3, 0.4) is 0 Å². The molecule has 0 saturated carbocycles. The van der Waals surface area contributed by atoms with Gasteiger partial charge in [0.1, 0.15) is 5.41 Å². The highest BCUT2D eigenvalue weighted by Crippen LogP contribution is 2.54. The second kappa shape index (κ2) is 8.07. The summed E-state index contributed by atoms with van der Waals surface area (Å²) in [6.45, 7) is 1.65. The first kappa shape index (κ1) is 20.7. The van der Waals surface area contributed by atoms with E-state index in [-0.39, 0.29) is 24.1 Å². The van der Waals surface area contributed by atoms with E-state index in [1.165, 1.54) is 0 Å². The number of hydrogen-bond donors (Lipinski definition) is 1. The molecule has 3 amide bonds. The topological polar surface area (TPSA) is 87.5 Å². The van der Waals surface area contributed by atoms with E-state index in [1.807, 2.05) is 47.3 Å². The quantitative estimate of drug-likeness (QED) is 0.799. The Morgan fingerprint density at radius 2 is 2.03 bits per heavy atom. The van der Waals surface area contributed by atoms with Gasteiger partial charge in [0.2, 0.25) is 17.7 Å². The van der Waals surface area contributed by atoms with Crippen molar-refractivity contribution in [3.8, 4) is 0 Å². The molecule has 0 bridgehead atoms. The van der Waals surface area contributed by atoms with Gasteiger partial charge in [-0.2, -0.15) is 5.10 Å². The van der Waals surface area contributed by atoms with Crippen LogP contribution in [0.5, 0.6) is 0 Å². The molecule has 1 N–H and O–H groups in total. The Morgan fingerprint density at radius 1 is 1.19 bits per heavy atom. The minimum atomic E-state index is -0.826. The highest BCUT2D eigenvalue weighted by atomic mass is 16.2. The van der Waals surface area contributed by atoms with Gasteiger partial charge in [0.15, 0.2) is 0 Å². The molecule has 2 fully saturated rings. The maximum Gasteiger partial charge on any atom is 0.237 e. The molecule has 2 saturated heterocycles. The van der Waals surface area contributed by atoms with Gasteiger partial charge < -0.3 is 15.1 Å². The lowest BCUT2D eigenvalue weighted by molar-refractivity contribution is -0.135. The van der Waals surface area contributed by atoms with Gasteiger partial charge in [-0.1, -0.05) is 24.6 Å². The third-order valence-electron chi connectivity index (χ3n) is 7.21. The fourth-order valence-corrected chi connectivity index (χ4v) is 5.65. The highest BCUT2D eigenvalue weighted by molar-refractivity contribution is 6.07. The molecule has 8 heteroatoms. The number of para-hydroxylation sites is 1. The van der Waals surface area contributed by atoms with Crippen LogP contribution >= 0.6 is 0 Å². The van der Waals surface area contributed by atoms with Crippen LogP contribution in [-0.2, 0) is 26.8 Å². The van der Waals surface area contributed by atoms with Crippen molar-refractivity contribution in [2.45, 2.75) is 50.0 Å². The predicted octanol–water partition coefficient (Wildman–Crippen LogP) is 2.38. The fraction of sp³-hybridized carbons (Fsp3) is 0.500. The molecule has 1 spiro atoms. The summed E-state index contributed by atoms with van der Waals surface area (Å²) in [5, 5.41) is 7.36. The number of carbonyl (C=O) groups is 3. The van der Waals surface area contributed by atoms with Crippen molar-refractivity contribution in [2.24, 2.45) is 7.05 Å². The van der Waals surface area contributed by atoms with E-state index >= 15 is 0 Å². The van der Waals surface area contributed by atoms with Crippen LogP contribution < -0.4 is 5.32 Å². The van der Waals surface area contributed by atoms with Gasteiger partial charge in [-0.15, -0.1) is 0 Å². The number of nitrogens with one attached hydrogen (secondary N) is 1. The zero-order valence-electron chi connectivity index (χ0n) is 18.4. The third kappa shape index (κ3) is 3.29. The van der Waals surface area contributed by atoms with Crippen molar-refractivity contribution in [3.05, 3.63) is 47.8 Å². The number of carbonyl (C=O) groups excluding carboxylic acids is 3. The molecule has 0 unspecified atom stereocenters. The summed E-state index contributed by atoms with van der Waals surface area (Å²) in [4.78, 5) is 42.8. The van der Waals surface area contributed by atoms with Crippen LogP contribution in [0, 0.1) is 0 Å². The van der Waals surface area contributed by atoms with Gasteiger partial charge >= 0.3 is 0 Å². The van der Waals surface area contributed by atoms with Gasteiger partial charge in [0, 0.05) is 57.0 Å². The van der Waals surface area contributed by atoms with Crippen molar-refractivity contribution >= 4 is 23.4 Å². The summed E-state index contributed by atoms with van der Waals surface area (Å²) in [6.07, 6.45) is 8.01. The lowest BCUT2D eigenvalue weighted by Crippen LogP contribution is -2.43. The van der Waals surface area contributed by atoms with Crippen LogP contribution in [0.2, 0.25) is 0 Å². The van der Waals surface area contributed by atoms with E-state index in [1.54, 1.807) is 10.9 Å². The molecule has 8 nitrogen and oxygen atoms in total. The SMILES string of the molecule is Cn1cc([C@@H]2N(C(=O)CCN3CCCCCC3=O)CC[C@]23C(=O)Nc2ccccc23)cn1. The molecule has 2 atom stereocenters. The Kier molecular flexibility index (Phi) is 5.23. The number of fused-ring (bicyclic) bond motifs is 2. The van der Waals surface area contributed by atoms with Crippen molar-refractivity contribution < 1.29 is 14.4 Å². The zero-order valence-corrected chi connectivity index (χ0v) is 18.4. The van der Waals surface area contributed by atoms with Crippen LogP contribution in [-0.4, -0.2) is 56.9 Å². The van der Waals surface area contributed by atoms with E-state index in [4.69, 9.17) is 0 Å². The van der Waals surface area contributed by atoms with Crippen molar-refractivity contribution in [3.63, 3.8) is 0 Å². The molecule has 3 aliphatic heterocycles. The van der Waals surface area contributed by atoms with Crippen molar-refractivity contribution in [2.75, 3.05) is 25.0 Å². The lowest BCUT2D eigenvalue weighted by Gasteiger charge is -2.34. The van der Waals surface area contributed by atoms with Gasteiger partial charge in [-0.3, -0.25) is 19.1 Å². The van der Waals surface area contributed by atoms with Crippen molar-refractivity contribution in [1.82, 2.24) is 19.6 Å². The molecular formula is C24H29N5O3. The molecule has 0 aliphatic carbocycles. The first-order chi connectivity index (χ1) is 15.5. The molecule has 4 heterocycles. The first-order valence-corrected chi connectivity index (χ1v) is 11.5. The molecule has 5 rings (SSSR count). The van der Waals surface area contributed by atoms with Crippen LogP contribution in [0.4, 0.5) is 5.69 Å². The third-order valence-corrected chi connectivity index (χ3v) is 7.21. The average molecular weight is 436 g/mol. The van der Waals surface area contributed by atoms with E-state index < -0.39 is 11.5 Å². The molecule has 2 aromatic rings. The highest BCUT2D eigenvalue weighted by Gasteiger charge is 2.59. The standard InChI is InChI=1S/C24H29N5O3/c1-27-16-17(15-25-27)22-24(18-7-4-5-8-19(18)26-23(24)32)11-14-29(22)21(31)10-13-28-12-6-2-3-9-20(28)30/h4-5,7-8,15-16,22H,2-3,6,9-14H2,1H3,(H,26,32)/t22-,24+/m0/s1. The maximum absolute atomic E-state index is 13.5. The summed E-state index contributed by atoms with van der Waals surface area (Å²) in [7, 11) is 1.84. The van der Waals surface area contributed by atoms with Gasteiger partial charge in [-0.25, -0.2) is 0 Å².